The first-order valence-corrected chi connectivity index (χ1v) is 8.12. The Morgan fingerprint density at radius 1 is 1.17 bits per heavy atom. The van der Waals surface area contributed by atoms with Crippen molar-refractivity contribution < 1.29 is 18.0 Å². The Morgan fingerprint density at radius 2 is 1.83 bits per heavy atom. The van der Waals surface area contributed by atoms with E-state index in [1.54, 1.807) is 12.1 Å². The molecule has 1 saturated carbocycles. The fourth-order valence-electron chi connectivity index (χ4n) is 2.93. The number of carbonyl (C=O) groups is 1. The second-order valence-corrected chi connectivity index (χ2v) is 6.48. The zero-order valence-corrected chi connectivity index (χ0v) is 14.1. The predicted molar refractivity (Wildman–Crippen MR) is 88.2 cm³/mol. The van der Waals surface area contributed by atoms with E-state index in [0.717, 1.165) is 12.1 Å². The van der Waals surface area contributed by atoms with Crippen molar-refractivity contribution in [1.29, 1.82) is 0 Å². The number of likely N-dealkylation sites (tertiary alicyclic amines) is 1. The monoisotopic (exact) mass is 362 g/mol. The molecule has 7 heteroatoms. The number of nitrogens with zero attached hydrogens (tertiary/aromatic N) is 1. The maximum absolute atomic E-state index is 12.8. The molecule has 1 aromatic carbocycles. The van der Waals surface area contributed by atoms with Crippen LogP contribution in [0.3, 0.4) is 0 Å². The van der Waals surface area contributed by atoms with Gasteiger partial charge in [0.25, 0.3) is 5.91 Å². The van der Waals surface area contributed by atoms with Gasteiger partial charge in [0.05, 0.1) is 5.92 Å². The van der Waals surface area contributed by atoms with E-state index in [-0.39, 0.29) is 31.3 Å². The van der Waals surface area contributed by atoms with Crippen LogP contribution in [0.1, 0.15) is 41.6 Å². The minimum atomic E-state index is -4.22. The van der Waals surface area contributed by atoms with Gasteiger partial charge in [-0.2, -0.15) is 13.2 Å². The van der Waals surface area contributed by atoms with Gasteiger partial charge in [0.15, 0.2) is 0 Å². The summed E-state index contributed by atoms with van der Waals surface area (Å²) in [4.78, 5) is 13.7. The number of carbonyl (C=O) groups excluding carboxylic acids is 1. The first kappa shape index (κ1) is 19.1. The van der Waals surface area contributed by atoms with E-state index in [0.29, 0.717) is 24.6 Å². The molecule has 1 atom stereocenters. The van der Waals surface area contributed by atoms with Gasteiger partial charge in [-0.15, -0.1) is 12.4 Å². The van der Waals surface area contributed by atoms with Crippen LogP contribution in [0.2, 0.25) is 0 Å². The van der Waals surface area contributed by atoms with Crippen molar-refractivity contribution in [3.63, 3.8) is 0 Å². The molecule has 1 aromatic rings. The van der Waals surface area contributed by atoms with Gasteiger partial charge in [0, 0.05) is 31.2 Å². The van der Waals surface area contributed by atoms with Crippen LogP contribution in [0.5, 0.6) is 0 Å². The van der Waals surface area contributed by atoms with Crippen molar-refractivity contribution >= 4 is 18.3 Å². The summed E-state index contributed by atoms with van der Waals surface area (Å²) in [5, 5.41) is 3.39. The fourth-order valence-corrected chi connectivity index (χ4v) is 2.93. The number of halogens is 4. The van der Waals surface area contributed by atoms with E-state index in [9.17, 15) is 18.0 Å². The van der Waals surface area contributed by atoms with Crippen LogP contribution >= 0.6 is 12.4 Å². The molecule has 1 unspecified atom stereocenters. The van der Waals surface area contributed by atoms with Crippen molar-refractivity contribution in [2.45, 2.75) is 44.4 Å². The summed E-state index contributed by atoms with van der Waals surface area (Å²) >= 11 is 0. The van der Waals surface area contributed by atoms with Gasteiger partial charge >= 0.3 is 6.18 Å². The lowest BCUT2D eigenvalue weighted by atomic mass is 9.97. The van der Waals surface area contributed by atoms with Crippen molar-refractivity contribution in [2.24, 2.45) is 5.92 Å². The molecule has 3 nitrogen and oxygen atoms in total. The van der Waals surface area contributed by atoms with E-state index >= 15 is 0 Å². The van der Waals surface area contributed by atoms with Crippen LogP contribution in [0.25, 0.3) is 0 Å². The quantitative estimate of drug-likeness (QED) is 0.884. The molecule has 1 heterocycles. The molecule has 2 fully saturated rings. The fraction of sp³-hybridized carbons (Fsp3) is 0.588. The van der Waals surface area contributed by atoms with Crippen LogP contribution in [0, 0.1) is 5.92 Å². The van der Waals surface area contributed by atoms with Crippen molar-refractivity contribution in [3.05, 3.63) is 35.4 Å². The Labute approximate surface area is 146 Å². The third kappa shape index (κ3) is 4.86. The summed E-state index contributed by atoms with van der Waals surface area (Å²) in [5.74, 6) is -1.71. The SMILES string of the molecule is Cl.O=C(c1ccc(CNC2CC2)cc1)N1CCCC(C(F)(F)F)C1. The first-order chi connectivity index (χ1) is 10.9. The Bertz CT molecular complexity index is 558. The molecule has 0 aromatic heterocycles. The van der Waals surface area contributed by atoms with E-state index in [4.69, 9.17) is 0 Å². The van der Waals surface area contributed by atoms with Crippen LogP contribution < -0.4 is 5.32 Å². The molecule has 2 aliphatic rings. The van der Waals surface area contributed by atoms with Gasteiger partial charge in [-0.1, -0.05) is 12.1 Å². The lowest BCUT2D eigenvalue weighted by Crippen LogP contribution is -2.44. The Kier molecular flexibility index (Phi) is 6.15. The second-order valence-electron chi connectivity index (χ2n) is 6.48. The topological polar surface area (TPSA) is 32.3 Å². The third-order valence-corrected chi connectivity index (χ3v) is 4.54. The molecule has 1 aliphatic carbocycles. The molecule has 3 rings (SSSR count). The van der Waals surface area contributed by atoms with Crippen molar-refractivity contribution in [3.8, 4) is 0 Å². The zero-order chi connectivity index (χ0) is 16.4. The molecule has 0 radical (unpaired) electrons. The third-order valence-electron chi connectivity index (χ3n) is 4.54. The van der Waals surface area contributed by atoms with Gasteiger partial charge in [0.1, 0.15) is 0 Å². The van der Waals surface area contributed by atoms with Gasteiger partial charge in [-0.25, -0.2) is 0 Å². The summed E-state index contributed by atoms with van der Waals surface area (Å²) < 4.78 is 38.5. The second kappa shape index (κ2) is 7.74. The molecule has 1 saturated heterocycles. The normalized spacial score (nSPS) is 21.3. The van der Waals surface area contributed by atoms with Gasteiger partial charge in [-0.3, -0.25) is 4.79 Å². The summed E-state index contributed by atoms with van der Waals surface area (Å²) in [6, 6.07) is 7.78. The maximum atomic E-state index is 12.8. The standard InChI is InChI=1S/C17H21F3N2O.ClH/c18-17(19,20)14-2-1-9-22(11-14)16(23)13-5-3-12(4-6-13)10-21-15-7-8-15;/h3-6,14-15,21H,1-2,7-11H2;1H. The summed E-state index contributed by atoms with van der Waals surface area (Å²) in [6.07, 6.45) is -1.28. The van der Waals surface area contributed by atoms with Gasteiger partial charge in [-0.05, 0) is 43.4 Å². The molecule has 24 heavy (non-hydrogen) atoms. The highest BCUT2D eigenvalue weighted by Gasteiger charge is 2.42. The summed E-state index contributed by atoms with van der Waals surface area (Å²) in [5.41, 5.74) is 1.54. The van der Waals surface area contributed by atoms with E-state index in [1.165, 1.54) is 17.7 Å². The average Bonchev–Trinajstić information content (AvgIpc) is 3.36. The van der Waals surface area contributed by atoms with Crippen molar-refractivity contribution in [1.82, 2.24) is 10.2 Å². The van der Waals surface area contributed by atoms with E-state index < -0.39 is 12.1 Å². The number of alkyl halides is 3. The smallest absolute Gasteiger partial charge is 0.338 e. The van der Waals surface area contributed by atoms with Crippen LogP contribution in [-0.2, 0) is 6.54 Å². The lowest BCUT2D eigenvalue weighted by molar-refractivity contribution is -0.184. The molecule has 134 valence electrons. The minimum absolute atomic E-state index is 0. The van der Waals surface area contributed by atoms with Crippen LogP contribution in [0.15, 0.2) is 24.3 Å². The molecular weight excluding hydrogens is 341 g/mol. The first-order valence-electron chi connectivity index (χ1n) is 8.12. The highest BCUT2D eigenvalue weighted by molar-refractivity contribution is 5.94. The molecule has 1 N–H and O–H groups in total. The molecule has 0 bridgehead atoms. The number of hydrogen-bond acceptors (Lipinski definition) is 2. The highest BCUT2D eigenvalue weighted by atomic mass is 35.5. The number of hydrogen-bond donors (Lipinski definition) is 1. The Balaban J connectivity index is 0.00000208. The van der Waals surface area contributed by atoms with Crippen LogP contribution in [-0.4, -0.2) is 36.1 Å². The Morgan fingerprint density at radius 3 is 2.42 bits per heavy atom. The molecule has 0 spiro atoms. The summed E-state index contributed by atoms with van der Waals surface area (Å²) in [7, 11) is 0. The predicted octanol–water partition coefficient (Wildman–Crippen LogP) is 3.77. The Hall–Kier alpha value is -1.27. The number of rotatable bonds is 4. The molecule has 1 aliphatic heterocycles. The van der Waals surface area contributed by atoms with Gasteiger partial charge < -0.3 is 10.2 Å². The largest absolute Gasteiger partial charge is 0.393 e. The number of benzene rings is 1. The van der Waals surface area contributed by atoms with Crippen molar-refractivity contribution in [2.75, 3.05) is 13.1 Å². The number of piperidine rings is 1. The number of amides is 1. The average molecular weight is 363 g/mol. The van der Waals surface area contributed by atoms with Crippen LogP contribution in [0.4, 0.5) is 13.2 Å². The maximum Gasteiger partial charge on any atom is 0.393 e. The highest BCUT2D eigenvalue weighted by Crippen LogP contribution is 2.33. The van der Waals surface area contributed by atoms with E-state index in [2.05, 4.69) is 5.32 Å². The molecular formula is C17H22ClF3N2O. The minimum Gasteiger partial charge on any atom is -0.338 e. The number of nitrogens with one attached hydrogen (secondary N) is 1. The van der Waals surface area contributed by atoms with Gasteiger partial charge in [0.2, 0.25) is 0 Å². The molecule has 1 amide bonds. The lowest BCUT2D eigenvalue weighted by Gasteiger charge is -2.33. The summed E-state index contributed by atoms with van der Waals surface area (Å²) in [6.45, 7) is 0.933. The zero-order valence-electron chi connectivity index (χ0n) is 13.3. The van der Waals surface area contributed by atoms with E-state index in [1.807, 2.05) is 12.1 Å².